The lowest BCUT2D eigenvalue weighted by atomic mass is 10.0. The van der Waals surface area contributed by atoms with Gasteiger partial charge in [0, 0.05) is 39.3 Å². The summed E-state index contributed by atoms with van der Waals surface area (Å²) in [4.78, 5) is 43.0. The molecule has 0 unspecified atom stereocenters. The molecule has 1 saturated heterocycles. The number of nitrogens with one attached hydrogen (secondary N) is 1. The summed E-state index contributed by atoms with van der Waals surface area (Å²) in [6.45, 7) is 3.05. The second-order valence-corrected chi connectivity index (χ2v) is 7.20. The maximum absolute atomic E-state index is 12.9. The van der Waals surface area contributed by atoms with Gasteiger partial charge in [-0.25, -0.2) is 0 Å². The molecular formula is C18H26N4O4. The first-order valence-corrected chi connectivity index (χ1v) is 8.99. The zero-order chi connectivity index (χ0) is 18.7. The van der Waals surface area contributed by atoms with E-state index in [1.807, 2.05) is 19.0 Å². The molecule has 8 heteroatoms. The minimum Gasteiger partial charge on any atom is -0.459 e. The third kappa shape index (κ3) is 3.75. The van der Waals surface area contributed by atoms with E-state index in [1.165, 1.54) is 6.26 Å². The lowest BCUT2D eigenvalue weighted by molar-refractivity contribution is -0.145. The van der Waals surface area contributed by atoms with E-state index in [0.29, 0.717) is 51.3 Å². The van der Waals surface area contributed by atoms with E-state index in [2.05, 4.69) is 5.32 Å². The van der Waals surface area contributed by atoms with Crippen LogP contribution in [0.25, 0.3) is 0 Å². The molecule has 0 radical (unpaired) electrons. The normalized spacial score (nSPS) is 18.7. The number of carbonyl (C=O) groups is 3. The standard InChI is InChI=1S/C18H26N4O4/c1-20(2)8-7-19-16(24)18(5-6-18)17(25)22-11-9-21(10-12-22)15(23)14-4-3-13-26-14/h3-4,13H,5-12H2,1-2H3,(H,19,24). The largest absolute Gasteiger partial charge is 0.459 e. The van der Waals surface area contributed by atoms with Crippen molar-refractivity contribution in [2.75, 3.05) is 53.4 Å². The first kappa shape index (κ1) is 18.4. The Balaban J connectivity index is 1.52. The summed E-state index contributed by atoms with van der Waals surface area (Å²) >= 11 is 0. The third-order valence-electron chi connectivity index (χ3n) is 5.02. The number of rotatable bonds is 6. The quantitative estimate of drug-likeness (QED) is 0.721. The molecule has 142 valence electrons. The van der Waals surface area contributed by atoms with Crippen LogP contribution < -0.4 is 5.32 Å². The molecule has 3 rings (SSSR count). The van der Waals surface area contributed by atoms with Gasteiger partial charge in [-0.3, -0.25) is 14.4 Å². The van der Waals surface area contributed by atoms with Crippen molar-refractivity contribution >= 4 is 17.7 Å². The molecule has 1 aromatic rings. The molecule has 8 nitrogen and oxygen atoms in total. The second kappa shape index (κ2) is 7.49. The van der Waals surface area contributed by atoms with E-state index in [-0.39, 0.29) is 17.7 Å². The van der Waals surface area contributed by atoms with Gasteiger partial charge in [-0.15, -0.1) is 0 Å². The van der Waals surface area contributed by atoms with E-state index < -0.39 is 5.41 Å². The average Bonchev–Trinajstić information content (AvgIpc) is 3.27. The molecule has 1 N–H and O–H groups in total. The number of nitrogens with zero attached hydrogens (tertiary/aromatic N) is 3. The zero-order valence-electron chi connectivity index (χ0n) is 15.4. The van der Waals surface area contributed by atoms with E-state index in [0.717, 1.165) is 6.54 Å². The van der Waals surface area contributed by atoms with Crippen molar-refractivity contribution in [2.24, 2.45) is 5.41 Å². The summed E-state index contributed by atoms with van der Waals surface area (Å²) in [6.07, 6.45) is 2.68. The first-order valence-electron chi connectivity index (χ1n) is 8.99. The fraction of sp³-hybridized carbons (Fsp3) is 0.611. The molecule has 2 fully saturated rings. The van der Waals surface area contributed by atoms with Gasteiger partial charge in [0.25, 0.3) is 5.91 Å². The Morgan fingerprint density at radius 2 is 1.81 bits per heavy atom. The van der Waals surface area contributed by atoms with Crippen molar-refractivity contribution in [3.8, 4) is 0 Å². The third-order valence-corrected chi connectivity index (χ3v) is 5.02. The van der Waals surface area contributed by atoms with Gasteiger partial charge in [-0.2, -0.15) is 0 Å². The topological polar surface area (TPSA) is 86.1 Å². The predicted molar refractivity (Wildman–Crippen MR) is 94.4 cm³/mol. The van der Waals surface area contributed by atoms with Crippen molar-refractivity contribution in [3.05, 3.63) is 24.2 Å². The summed E-state index contributed by atoms with van der Waals surface area (Å²) < 4.78 is 5.14. The molecule has 2 heterocycles. The number of hydrogen-bond donors (Lipinski definition) is 1. The summed E-state index contributed by atoms with van der Waals surface area (Å²) in [7, 11) is 3.88. The molecule has 3 amide bonds. The maximum Gasteiger partial charge on any atom is 0.289 e. The van der Waals surface area contributed by atoms with Crippen LogP contribution in [0.2, 0.25) is 0 Å². The number of amides is 3. The number of piperazine rings is 1. The molecule has 2 aliphatic rings. The van der Waals surface area contributed by atoms with Gasteiger partial charge in [0.2, 0.25) is 11.8 Å². The molecule has 0 spiro atoms. The fourth-order valence-electron chi connectivity index (χ4n) is 3.20. The Kier molecular flexibility index (Phi) is 5.31. The molecule has 0 atom stereocenters. The van der Waals surface area contributed by atoms with E-state index in [9.17, 15) is 14.4 Å². The summed E-state index contributed by atoms with van der Waals surface area (Å²) in [6, 6.07) is 3.32. The Morgan fingerprint density at radius 1 is 1.15 bits per heavy atom. The zero-order valence-corrected chi connectivity index (χ0v) is 15.4. The van der Waals surface area contributed by atoms with Gasteiger partial charge in [0.15, 0.2) is 5.76 Å². The monoisotopic (exact) mass is 362 g/mol. The number of likely N-dealkylation sites (N-methyl/N-ethyl adjacent to an activating group) is 1. The highest BCUT2D eigenvalue weighted by atomic mass is 16.3. The molecule has 0 bridgehead atoms. The van der Waals surface area contributed by atoms with Crippen LogP contribution in [0.1, 0.15) is 23.4 Å². The van der Waals surface area contributed by atoms with Gasteiger partial charge in [0.05, 0.1) is 6.26 Å². The van der Waals surface area contributed by atoms with Crippen LogP contribution in [-0.2, 0) is 9.59 Å². The van der Waals surface area contributed by atoms with Crippen LogP contribution in [0.15, 0.2) is 22.8 Å². The highest BCUT2D eigenvalue weighted by Crippen LogP contribution is 2.47. The molecule has 1 aliphatic heterocycles. The second-order valence-electron chi connectivity index (χ2n) is 7.20. The molecule has 1 saturated carbocycles. The predicted octanol–water partition coefficient (Wildman–Crippen LogP) is 0.0220. The Morgan fingerprint density at radius 3 is 2.35 bits per heavy atom. The van der Waals surface area contributed by atoms with E-state index >= 15 is 0 Å². The molecule has 1 aromatic heterocycles. The Bertz CT molecular complexity index is 659. The smallest absolute Gasteiger partial charge is 0.289 e. The van der Waals surface area contributed by atoms with Crippen LogP contribution in [0.5, 0.6) is 0 Å². The van der Waals surface area contributed by atoms with Crippen molar-refractivity contribution < 1.29 is 18.8 Å². The minimum absolute atomic E-state index is 0.107. The first-order chi connectivity index (χ1) is 12.4. The van der Waals surface area contributed by atoms with Crippen molar-refractivity contribution in [2.45, 2.75) is 12.8 Å². The summed E-state index contributed by atoms with van der Waals surface area (Å²) in [5, 5.41) is 2.88. The maximum atomic E-state index is 12.9. The number of carbonyl (C=O) groups excluding carboxylic acids is 3. The van der Waals surface area contributed by atoms with Crippen molar-refractivity contribution in [3.63, 3.8) is 0 Å². The average molecular weight is 362 g/mol. The lowest BCUT2D eigenvalue weighted by Crippen LogP contribution is -2.54. The highest BCUT2D eigenvalue weighted by Gasteiger charge is 2.58. The molecule has 26 heavy (non-hydrogen) atoms. The van der Waals surface area contributed by atoms with Gasteiger partial charge in [0.1, 0.15) is 5.41 Å². The van der Waals surface area contributed by atoms with Gasteiger partial charge in [-0.1, -0.05) is 0 Å². The number of hydrogen-bond acceptors (Lipinski definition) is 5. The number of furan rings is 1. The van der Waals surface area contributed by atoms with Gasteiger partial charge < -0.3 is 24.4 Å². The van der Waals surface area contributed by atoms with Crippen LogP contribution in [0.4, 0.5) is 0 Å². The highest BCUT2D eigenvalue weighted by molar-refractivity contribution is 6.08. The molecule has 0 aromatic carbocycles. The fourth-order valence-corrected chi connectivity index (χ4v) is 3.20. The van der Waals surface area contributed by atoms with Gasteiger partial charge >= 0.3 is 0 Å². The van der Waals surface area contributed by atoms with Crippen LogP contribution in [0.3, 0.4) is 0 Å². The van der Waals surface area contributed by atoms with Crippen LogP contribution >= 0.6 is 0 Å². The van der Waals surface area contributed by atoms with Crippen molar-refractivity contribution in [1.82, 2.24) is 20.0 Å². The van der Waals surface area contributed by atoms with Crippen LogP contribution in [-0.4, -0.2) is 85.8 Å². The SMILES string of the molecule is CN(C)CCNC(=O)C1(C(=O)N2CCN(C(=O)c3ccco3)CC2)CC1. The Hall–Kier alpha value is -2.35. The molecule has 1 aliphatic carbocycles. The molecular weight excluding hydrogens is 336 g/mol. The van der Waals surface area contributed by atoms with E-state index in [4.69, 9.17) is 4.42 Å². The Labute approximate surface area is 153 Å². The van der Waals surface area contributed by atoms with Crippen molar-refractivity contribution in [1.29, 1.82) is 0 Å². The summed E-state index contributed by atoms with van der Waals surface area (Å²) in [5.41, 5.74) is -0.889. The van der Waals surface area contributed by atoms with Gasteiger partial charge in [-0.05, 0) is 39.1 Å². The van der Waals surface area contributed by atoms with E-state index in [1.54, 1.807) is 21.9 Å². The summed E-state index contributed by atoms with van der Waals surface area (Å²) in [5.74, 6) is -0.128. The van der Waals surface area contributed by atoms with Crippen LogP contribution in [0, 0.1) is 5.41 Å². The minimum atomic E-state index is -0.889. The lowest BCUT2D eigenvalue weighted by Gasteiger charge is -2.36.